The van der Waals surface area contributed by atoms with Gasteiger partial charge in [0.25, 0.3) is 10.0 Å². The van der Waals surface area contributed by atoms with Crippen LogP contribution in [0.5, 0.6) is 0 Å². The van der Waals surface area contributed by atoms with E-state index in [-0.39, 0.29) is 23.7 Å². The molecule has 0 aromatic carbocycles. The molecule has 1 aliphatic heterocycles. The molecule has 1 aliphatic rings. The molecule has 1 atom stereocenters. The summed E-state index contributed by atoms with van der Waals surface area (Å²) in [4.78, 5) is 11.0. The second-order valence-electron chi connectivity index (χ2n) is 4.11. The Hall–Kier alpha value is -0.480. The lowest BCUT2D eigenvalue weighted by Crippen LogP contribution is -2.50. The van der Waals surface area contributed by atoms with Gasteiger partial charge in [-0.1, -0.05) is 0 Å². The third-order valence-electron chi connectivity index (χ3n) is 2.83. The SMILES string of the molecule is NC1(C(=O)O)CCN(S(=O)(=O)c2ccc(Br)s2)C1. The second kappa shape index (κ2) is 4.57. The van der Waals surface area contributed by atoms with Crippen molar-refractivity contribution in [3.05, 3.63) is 15.9 Å². The van der Waals surface area contributed by atoms with Gasteiger partial charge in [-0.05, 0) is 34.5 Å². The molecule has 0 amide bonds. The van der Waals surface area contributed by atoms with Crippen molar-refractivity contribution in [1.29, 1.82) is 0 Å². The summed E-state index contributed by atoms with van der Waals surface area (Å²) in [6.45, 7) is -0.0686. The molecule has 1 saturated heterocycles. The largest absolute Gasteiger partial charge is 0.480 e. The first kappa shape index (κ1) is 13.9. The predicted molar refractivity (Wildman–Crippen MR) is 69.9 cm³/mol. The normalized spacial score (nSPS) is 25.4. The lowest BCUT2D eigenvalue weighted by molar-refractivity contribution is -0.142. The molecule has 3 N–H and O–H groups in total. The summed E-state index contributed by atoms with van der Waals surface area (Å²) in [5, 5.41) is 8.98. The summed E-state index contributed by atoms with van der Waals surface area (Å²) in [5.74, 6) is -1.17. The summed E-state index contributed by atoms with van der Waals surface area (Å²) in [6.07, 6.45) is 0.119. The van der Waals surface area contributed by atoms with Gasteiger partial charge in [-0.25, -0.2) is 8.42 Å². The molecule has 0 aliphatic carbocycles. The average Bonchev–Trinajstić information content (AvgIpc) is 2.86. The van der Waals surface area contributed by atoms with Crippen molar-refractivity contribution in [3.63, 3.8) is 0 Å². The molecular formula is C9H11BrN2O4S2. The lowest BCUT2D eigenvalue weighted by atomic mass is 10.0. The van der Waals surface area contributed by atoms with Crippen LogP contribution in [0.4, 0.5) is 0 Å². The average molecular weight is 355 g/mol. The molecule has 18 heavy (non-hydrogen) atoms. The van der Waals surface area contributed by atoms with E-state index in [0.717, 1.165) is 15.6 Å². The molecular weight excluding hydrogens is 344 g/mol. The van der Waals surface area contributed by atoms with Crippen LogP contribution in [0.2, 0.25) is 0 Å². The van der Waals surface area contributed by atoms with E-state index >= 15 is 0 Å². The van der Waals surface area contributed by atoms with E-state index in [0.29, 0.717) is 3.79 Å². The number of aliphatic carboxylic acids is 1. The number of thiophene rings is 1. The predicted octanol–water partition coefficient (Wildman–Crippen LogP) is 0.687. The maximum absolute atomic E-state index is 12.2. The summed E-state index contributed by atoms with van der Waals surface area (Å²) in [7, 11) is -3.64. The highest BCUT2D eigenvalue weighted by atomic mass is 79.9. The van der Waals surface area contributed by atoms with Crippen molar-refractivity contribution in [2.75, 3.05) is 13.1 Å². The van der Waals surface area contributed by atoms with Gasteiger partial charge in [0.05, 0.1) is 3.79 Å². The number of carboxylic acid groups (broad SMARTS) is 1. The number of halogens is 1. The maximum Gasteiger partial charge on any atom is 0.325 e. The first-order chi connectivity index (χ1) is 8.25. The highest BCUT2D eigenvalue weighted by molar-refractivity contribution is 9.11. The molecule has 0 spiro atoms. The van der Waals surface area contributed by atoms with Gasteiger partial charge in [0.2, 0.25) is 0 Å². The number of nitrogens with zero attached hydrogens (tertiary/aromatic N) is 1. The molecule has 1 unspecified atom stereocenters. The Kier molecular flexibility index (Phi) is 3.54. The molecule has 0 radical (unpaired) electrons. The highest BCUT2D eigenvalue weighted by Gasteiger charge is 2.45. The Morgan fingerprint density at radius 2 is 2.22 bits per heavy atom. The molecule has 6 nitrogen and oxygen atoms in total. The number of sulfonamides is 1. The quantitative estimate of drug-likeness (QED) is 0.831. The van der Waals surface area contributed by atoms with Gasteiger partial charge < -0.3 is 10.8 Å². The maximum atomic E-state index is 12.2. The third kappa shape index (κ3) is 2.32. The van der Waals surface area contributed by atoms with Crippen LogP contribution >= 0.6 is 27.3 Å². The van der Waals surface area contributed by atoms with Crippen molar-refractivity contribution < 1.29 is 18.3 Å². The number of hydrogen-bond donors (Lipinski definition) is 2. The number of carboxylic acids is 1. The van der Waals surface area contributed by atoms with Gasteiger partial charge in [0.15, 0.2) is 0 Å². The molecule has 1 fully saturated rings. The van der Waals surface area contributed by atoms with Crippen molar-refractivity contribution in [2.24, 2.45) is 5.73 Å². The zero-order valence-corrected chi connectivity index (χ0v) is 12.4. The Balaban J connectivity index is 2.27. The molecule has 0 bridgehead atoms. The Morgan fingerprint density at radius 1 is 1.56 bits per heavy atom. The van der Waals surface area contributed by atoms with E-state index in [4.69, 9.17) is 10.8 Å². The van der Waals surface area contributed by atoms with E-state index in [9.17, 15) is 13.2 Å². The monoisotopic (exact) mass is 354 g/mol. The zero-order chi connectivity index (χ0) is 13.6. The zero-order valence-electron chi connectivity index (χ0n) is 9.17. The Labute approximate surface area is 117 Å². The smallest absolute Gasteiger partial charge is 0.325 e. The molecule has 2 heterocycles. The molecule has 1 aromatic heterocycles. The van der Waals surface area contributed by atoms with E-state index in [1.54, 1.807) is 6.07 Å². The fourth-order valence-electron chi connectivity index (χ4n) is 1.74. The van der Waals surface area contributed by atoms with Gasteiger partial charge in [0, 0.05) is 13.1 Å². The van der Waals surface area contributed by atoms with E-state index in [2.05, 4.69) is 15.9 Å². The minimum atomic E-state index is -3.64. The number of nitrogens with two attached hydrogens (primary N) is 1. The number of hydrogen-bond acceptors (Lipinski definition) is 5. The summed E-state index contributed by atoms with van der Waals surface area (Å²) >= 11 is 4.28. The molecule has 0 saturated carbocycles. The standard InChI is InChI=1S/C9H11BrN2O4S2/c10-6-1-2-7(17-6)18(15,16)12-4-3-9(11,5-12)8(13)14/h1-2H,3-5,11H2,(H,13,14). The van der Waals surface area contributed by atoms with Crippen LogP contribution in [-0.2, 0) is 14.8 Å². The molecule has 1 aromatic rings. The number of rotatable bonds is 3. The van der Waals surface area contributed by atoms with Crippen LogP contribution in [-0.4, -0.2) is 42.4 Å². The van der Waals surface area contributed by atoms with Gasteiger partial charge in [-0.3, -0.25) is 4.79 Å². The van der Waals surface area contributed by atoms with Crippen LogP contribution < -0.4 is 5.73 Å². The fraction of sp³-hybridized carbons (Fsp3) is 0.444. The topological polar surface area (TPSA) is 101 Å². The van der Waals surface area contributed by atoms with Gasteiger partial charge in [-0.2, -0.15) is 4.31 Å². The van der Waals surface area contributed by atoms with Crippen molar-refractivity contribution in [1.82, 2.24) is 4.31 Å². The minimum Gasteiger partial charge on any atom is -0.480 e. The first-order valence-corrected chi connectivity index (χ1v) is 8.08. The van der Waals surface area contributed by atoms with Gasteiger partial charge >= 0.3 is 5.97 Å². The molecule has 9 heteroatoms. The van der Waals surface area contributed by atoms with Crippen LogP contribution in [0.3, 0.4) is 0 Å². The van der Waals surface area contributed by atoms with Crippen molar-refractivity contribution in [2.45, 2.75) is 16.2 Å². The van der Waals surface area contributed by atoms with E-state index < -0.39 is 21.5 Å². The minimum absolute atomic E-state index is 0.119. The molecule has 2 rings (SSSR count). The number of carbonyl (C=O) groups is 1. The van der Waals surface area contributed by atoms with Crippen LogP contribution in [0.15, 0.2) is 20.1 Å². The Morgan fingerprint density at radius 3 is 2.67 bits per heavy atom. The van der Waals surface area contributed by atoms with Gasteiger partial charge in [0.1, 0.15) is 9.75 Å². The Bertz CT molecular complexity index is 585. The second-order valence-corrected chi connectivity index (χ2v) is 8.74. The van der Waals surface area contributed by atoms with Crippen molar-refractivity contribution in [3.8, 4) is 0 Å². The lowest BCUT2D eigenvalue weighted by Gasteiger charge is -2.19. The van der Waals surface area contributed by atoms with Crippen molar-refractivity contribution >= 4 is 43.3 Å². The van der Waals surface area contributed by atoms with Crippen LogP contribution in [0.25, 0.3) is 0 Å². The summed E-state index contributed by atoms with van der Waals surface area (Å²) in [6, 6.07) is 3.13. The van der Waals surface area contributed by atoms with E-state index in [1.807, 2.05) is 0 Å². The fourth-order valence-corrected chi connectivity index (χ4v) is 5.41. The molecule has 100 valence electrons. The van der Waals surface area contributed by atoms with Crippen LogP contribution in [0.1, 0.15) is 6.42 Å². The third-order valence-corrected chi connectivity index (χ3v) is 6.77. The van der Waals surface area contributed by atoms with E-state index in [1.165, 1.54) is 6.07 Å². The highest BCUT2D eigenvalue weighted by Crippen LogP contribution is 2.31. The first-order valence-electron chi connectivity index (χ1n) is 5.03. The summed E-state index contributed by atoms with van der Waals surface area (Å²) < 4.78 is 26.5. The van der Waals surface area contributed by atoms with Gasteiger partial charge in [-0.15, -0.1) is 11.3 Å². The van der Waals surface area contributed by atoms with Crippen LogP contribution in [0, 0.1) is 0 Å². The summed E-state index contributed by atoms with van der Waals surface area (Å²) in [5.41, 5.74) is 4.18.